The molecule has 1 aromatic heterocycles. The Hall–Kier alpha value is -3.38. The molecule has 1 heterocycles. The van der Waals surface area contributed by atoms with Crippen molar-refractivity contribution in [1.82, 2.24) is 5.43 Å². The number of hydrogen-bond acceptors (Lipinski definition) is 4. The molecule has 0 unspecified atom stereocenters. The molecule has 0 atom stereocenters. The Morgan fingerprint density at radius 3 is 2.71 bits per heavy atom. The fourth-order valence-electron chi connectivity index (χ4n) is 2.59. The van der Waals surface area contributed by atoms with E-state index < -0.39 is 5.91 Å². The third-order valence-electron chi connectivity index (χ3n) is 3.89. The van der Waals surface area contributed by atoms with E-state index in [1.807, 2.05) is 31.2 Å². The summed E-state index contributed by atoms with van der Waals surface area (Å²) in [4.78, 5) is 23.3. The first-order valence-corrected chi connectivity index (χ1v) is 8.87. The van der Waals surface area contributed by atoms with Crippen LogP contribution in [0.1, 0.15) is 28.6 Å². The van der Waals surface area contributed by atoms with Crippen LogP contribution in [0.25, 0.3) is 11.3 Å². The zero-order chi connectivity index (χ0) is 20.1. The van der Waals surface area contributed by atoms with Crippen LogP contribution in [0.15, 0.2) is 64.1 Å². The lowest BCUT2D eigenvalue weighted by Gasteiger charge is -2.04. The van der Waals surface area contributed by atoms with Crippen LogP contribution >= 0.6 is 11.6 Å². The number of benzene rings is 2. The molecule has 0 fully saturated rings. The molecule has 0 aliphatic rings. The van der Waals surface area contributed by atoms with Gasteiger partial charge in [0, 0.05) is 28.8 Å². The highest BCUT2D eigenvalue weighted by Gasteiger charge is 2.08. The number of carbonyl (C=O) groups excluding carboxylic acids is 2. The summed E-state index contributed by atoms with van der Waals surface area (Å²) < 4.78 is 5.75. The van der Waals surface area contributed by atoms with Gasteiger partial charge in [-0.1, -0.05) is 23.7 Å². The lowest BCUT2D eigenvalue weighted by Crippen LogP contribution is -2.18. The molecule has 28 heavy (non-hydrogen) atoms. The largest absolute Gasteiger partial charge is 0.455 e. The summed E-state index contributed by atoms with van der Waals surface area (Å²) in [5.74, 6) is 0.539. The molecule has 142 valence electrons. The van der Waals surface area contributed by atoms with Gasteiger partial charge in [-0.15, -0.1) is 0 Å². The van der Waals surface area contributed by atoms with E-state index in [1.165, 1.54) is 13.1 Å². The van der Waals surface area contributed by atoms with E-state index in [-0.39, 0.29) is 5.91 Å². The van der Waals surface area contributed by atoms with Crippen LogP contribution in [-0.4, -0.2) is 18.0 Å². The summed E-state index contributed by atoms with van der Waals surface area (Å²) in [7, 11) is 0. The Morgan fingerprint density at radius 1 is 1.11 bits per heavy atom. The first kappa shape index (κ1) is 19.4. The van der Waals surface area contributed by atoms with Crippen LogP contribution in [0.3, 0.4) is 0 Å². The van der Waals surface area contributed by atoms with Crippen LogP contribution in [-0.2, 0) is 4.79 Å². The smallest absolute Gasteiger partial charge is 0.271 e. The summed E-state index contributed by atoms with van der Waals surface area (Å²) in [6, 6.07) is 15.7. The Labute approximate surface area is 167 Å². The van der Waals surface area contributed by atoms with Crippen molar-refractivity contribution in [3.8, 4) is 11.3 Å². The maximum atomic E-state index is 12.2. The van der Waals surface area contributed by atoms with Crippen LogP contribution < -0.4 is 10.7 Å². The highest BCUT2D eigenvalue weighted by Crippen LogP contribution is 2.27. The van der Waals surface area contributed by atoms with Gasteiger partial charge >= 0.3 is 0 Å². The van der Waals surface area contributed by atoms with Gasteiger partial charge in [0.15, 0.2) is 0 Å². The number of halogens is 1. The number of hydrogen-bond donors (Lipinski definition) is 2. The van der Waals surface area contributed by atoms with Crippen molar-refractivity contribution in [3.05, 3.63) is 76.5 Å². The van der Waals surface area contributed by atoms with Crippen LogP contribution in [0, 0.1) is 6.92 Å². The lowest BCUT2D eigenvalue weighted by molar-refractivity contribution is -0.114. The zero-order valence-electron chi connectivity index (χ0n) is 15.3. The number of hydrazone groups is 1. The second-order valence-corrected chi connectivity index (χ2v) is 6.56. The highest BCUT2D eigenvalue weighted by atomic mass is 35.5. The molecule has 2 N–H and O–H groups in total. The van der Waals surface area contributed by atoms with Gasteiger partial charge < -0.3 is 9.73 Å². The standard InChI is InChI=1S/C21H18ClN3O3/c1-13-6-7-16(22)11-19(13)20-9-8-18(28-20)12-23-25-21(27)15-4-3-5-17(10-15)24-14(2)26/h3-12H,1-2H3,(H,24,26)(H,25,27). The van der Waals surface area contributed by atoms with E-state index in [9.17, 15) is 9.59 Å². The summed E-state index contributed by atoms with van der Waals surface area (Å²) in [5.41, 5.74) is 5.28. The SMILES string of the molecule is CC(=O)Nc1cccc(C(=O)NN=Cc2ccc(-c3cc(Cl)ccc3C)o2)c1. The molecule has 0 bridgehead atoms. The molecule has 0 spiro atoms. The predicted molar refractivity (Wildman–Crippen MR) is 110 cm³/mol. The normalized spacial score (nSPS) is 10.8. The molecular formula is C21H18ClN3O3. The quantitative estimate of drug-likeness (QED) is 0.488. The topological polar surface area (TPSA) is 83.7 Å². The van der Waals surface area contributed by atoms with Crippen LogP contribution in [0.5, 0.6) is 0 Å². The van der Waals surface area contributed by atoms with Gasteiger partial charge in [-0.05, 0) is 55.0 Å². The van der Waals surface area contributed by atoms with Gasteiger partial charge in [-0.2, -0.15) is 5.10 Å². The van der Waals surface area contributed by atoms with Gasteiger partial charge in [0.1, 0.15) is 11.5 Å². The number of furan rings is 1. The second kappa shape index (κ2) is 8.54. The monoisotopic (exact) mass is 395 g/mol. The van der Waals surface area contributed by atoms with Crippen LogP contribution in [0.4, 0.5) is 5.69 Å². The fraction of sp³-hybridized carbons (Fsp3) is 0.0952. The van der Waals surface area contributed by atoms with Crippen molar-refractivity contribution < 1.29 is 14.0 Å². The van der Waals surface area contributed by atoms with E-state index >= 15 is 0 Å². The highest BCUT2D eigenvalue weighted by molar-refractivity contribution is 6.30. The van der Waals surface area contributed by atoms with Crippen molar-refractivity contribution in [2.24, 2.45) is 5.10 Å². The van der Waals surface area contributed by atoms with E-state index in [0.29, 0.717) is 27.8 Å². The molecule has 0 aliphatic carbocycles. The molecule has 3 aromatic rings. The van der Waals surface area contributed by atoms with Gasteiger partial charge in [0.25, 0.3) is 5.91 Å². The number of rotatable bonds is 5. The Bertz CT molecular complexity index is 1060. The summed E-state index contributed by atoms with van der Waals surface area (Å²) in [5, 5.41) is 7.18. The number of nitrogens with zero attached hydrogens (tertiary/aromatic N) is 1. The number of aryl methyl sites for hydroxylation is 1. The van der Waals surface area contributed by atoms with Gasteiger partial charge in [-0.3, -0.25) is 9.59 Å². The first-order chi connectivity index (χ1) is 13.4. The number of anilines is 1. The molecule has 2 aromatic carbocycles. The minimum absolute atomic E-state index is 0.209. The Morgan fingerprint density at radius 2 is 1.93 bits per heavy atom. The van der Waals surface area contributed by atoms with Crippen molar-refractivity contribution in [2.75, 3.05) is 5.32 Å². The average Bonchev–Trinajstić information content (AvgIpc) is 3.12. The Kier molecular flexibility index (Phi) is 5.91. The van der Waals surface area contributed by atoms with E-state index in [4.69, 9.17) is 16.0 Å². The van der Waals surface area contributed by atoms with Gasteiger partial charge in [0.05, 0.1) is 6.21 Å². The second-order valence-electron chi connectivity index (χ2n) is 6.12. The molecule has 0 radical (unpaired) electrons. The van der Waals surface area contributed by atoms with E-state index in [1.54, 1.807) is 30.3 Å². The van der Waals surface area contributed by atoms with Gasteiger partial charge in [-0.25, -0.2) is 5.43 Å². The van der Waals surface area contributed by atoms with E-state index in [0.717, 1.165) is 11.1 Å². The number of amides is 2. The third-order valence-corrected chi connectivity index (χ3v) is 4.13. The van der Waals surface area contributed by atoms with Crippen molar-refractivity contribution >= 4 is 35.3 Å². The maximum absolute atomic E-state index is 12.2. The summed E-state index contributed by atoms with van der Waals surface area (Å²) >= 11 is 6.05. The van der Waals surface area contributed by atoms with E-state index in [2.05, 4.69) is 15.8 Å². The molecular weight excluding hydrogens is 378 g/mol. The van der Waals surface area contributed by atoms with Gasteiger partial charge in [0.2, 0.25) is 5.91 Å². The molecule has 6 nitrogen and oxygen atoms in total. The average molecular weight is 396 g/mol. The first-order valence-electron chi connectivity index (χ1n) is 8.50. The molecule has 0 saturated heterocycles. The fourth-order valence-corrected chi connectivity index (χ4v) is 2.76. The maximum Gasteiger partial charge on any atom is 0.271 e. The predicted octanol–water partition coefficient (Wildman–Crippen LogP) is 4.63. The molecule has 2 amide bonds. The van der Waals surface area contributed by atoms with Crippen molar-refractivity contribution in [1.29, 1.82) is 0 Å². The molecule has 3 rings (SSSR count). The number of carbonyl (C=O) groups is 2. The summed E-state index contributed by atoms with van der Waals surface area (Å²) in [6.45, 7) is 3.37. The molecule has 0 aliphatic heterocycles. The molecule has 0 saturated carbocycles. The Balaban J connectivity index is 1.67. The van der Waals surface area contributed by atoms with Crippen molar-refractivity contribution in [2.45, 2.75) is 13.8 Å². The minimum Gasteiger partial charge on any atom is -0.455 e. The van der Waals surface area contributed by atoms with Crippen molar-refractivity contribution in [3.63, 3.8) is 0 Å². The zero-order valence-corrected chi connectivity index (χ0v) is 16.1. The lowest BCUT2D eigenvalue weighted by atomic mass is 10.1. The minimum atomic E-state index is -0.402. The number of nitrogens with one attached hydrogen (secondary N) is 2. The molecule has 7 heteroatoms. The summed E-state index contributed by atoms with van der Waals surface area (Å²) in [6.07, 6.45) is 1.42. The third kappa shape index (κ3) is 4.86. The van der Waals surface area contributed by atoms with Crippen LogP contribution in [0.2, 0.25) is 5.02 Å².